The van der Waals surface area contributed by atoms with Gasteiger partial charge in [-0.2, -0.15) is 0 Å². The third-order valence-corrected chi connectivity index (χ3v) is 3.58. The highest BCUT2D eigenvalue weighted by molar-refractivity contribution is 5.95. The van der Waals surface area contributed by atoms with Crippen molar-refractivity contribution in [1.82, 2.24) is 5.32 Å². The summed E-state index contributed by atoms with van der Waals surface area (Å²) in [5.74, 6) is 1.22. The Balaban J connectivity index is 1.91. The minimum absolute atomic E-state index is 0.0407. The number of ether oxygens (including phenoxy) is 1. The lowest BCUT2D eigenvalue weighted by atomic mass is 10.1. The molecule has 25 heavy (non-hydrogen) atoms. The topological polar surface area (TPSA) is 50.4 Å². The van der Waals surface area contributed by atoms with Crippen LogP contribution in [0, 0.1) is 5.92 Å². The first-order valence-electron chi connectivity index (χ1n) is 8.53. The maximum absolute atomic E-state index is 12.1. The Labute approximate surface area is 149 Å². The van der Waals surface area contributed by atoms with Gasteiger partial charge in [-0.1, -0.05) is 44.7 Å². The van der Waals surface area contributed by atoms with Gasteiger partial charge in [0.2, 0.25) is 0 Å². The van der Waals surface area contributed by atoms with Gasteiger partial charge in [0, 0.05) is 24.3 Å². The highest BCUT2D eigenvalue weighted by atomic mass is 16.5. The van der Waals surface area contributed by atoms with Gasteiger partial charge in [-0.25, -0.2) is 0 Å². The van der Waals surface area contributed by atoms with Crippen molar-refractivity contribution in [2.24, 2.45) is 5.92 Å². The van der Waals surface area contributed by atoms with E-state index in [-0.39, 0.29) is 5.91 Å². The average molecular weight is 338 g/mol. The molecule has 0 aromatic heterocycles. The number of anilines is 1. The lowest BCUT2D eigenvalue weighted by Gasteiger charge is -2.11. The molecule has 4 heteroatoms. The van der Waals surface area contributed by atoms with E-state index in [2.05, 4.69) is 31.1 Å². The predicted octanol–water partition coefficient (Wildman–Crippen LogP) is 4.25. The molecule has 2 N–H and O–H groups in total. The molecule has 4 nitrogen and oxygen atoms in total. The first-order chi connectivity index (χ1) is 12.1. The highest BCUT2D eigenvalue weighted by Gasteiger charge is 2.06. The first kappa shape index (κ1) is 18.6. The maximum atomic E-state index is 12.1. The van der Waals surface area contributed by atoms with Crippen LogP contribution in [0.2, 0.25) is 0 Å². The van der Waals surface area contributed by atoms with E-state index in [4.69, 9.17) is 4.74 Å². The second-order valence-electron chi connectivity index (χ2n) is 6.28. The number of amides is 1. The molecule has 0 saturated carbocycles. The van der Waals surface area contributed by atoms with Gasteiger partial charge >= 0.3 is 0 Å². The van der Waals surface area contributed by atoms with Gasteiger partial charge in [0.25, 0.3) is 5.91 Å². The molecule has 0 aliphatic rings. The molecule has 2 aromatic rings. The van der Waals surface area contributed by atoms with E-state index in [9.17, 15) is 4.79 Å². The smallest absolute Gasteiger partial charge is 0.251 e. The van der Waals surface area contributed by atoms with Crippen LogP contribution in [0.25, 0.3) is 0 Å². The Morgan fingerprint density at radius 1 is 1.20 bits per heavy atom. The lowest BCUT2D eigenvalue weighted by molar-refractivity contribution is 0.0949. The fourth-order valence-electron chi connectivity index (χ4n) is 2.23. The number of rotatable bonds is 9. The Bertz CT molecular complexity index is 693. The van der Waals surface area contributed by atoms with Crippen molar-refractivity contribution in [3.8, 4) is 5.75 Å². The Morgan fingerprint density at radius 2 is 1.96 bits per heavy atom. The molecular formula is C21H26N2O2. The van der Waals surface area contributed by atoms with Crippen molar-refractivity contribution >= 4 is 11.6 Å². The van der Waals surface area contributed by atoms with Crippen molar-refractivity contribution in [3.05, 3.63) is 72.3 Å². The summed E-state index contributed by atoms with van der Waals surface area (Å²) in [6.07, 6.45) is 1.72. The molecule has 0 radical (unpaired) electrons. The van der Waals surface area contributed by atoms with Crippen LogP contribution >= 0.6 is 0 Å². The summed E-state index contributed by atoms with van der Waals surface area (Å²) >= 11 is 0. The third kappa shape index (κ3) is 6.34. The standard InChI is InChI=1S/C21H26N2O2/c1-4-12-25-20-10-8-17(9-11-20)15-22-19-7-5-6-18(13-19)21(24)23-14-16(2)3/h4-11,13,16,22H,1,12,14-15H2,2-3H3,(H,23,24). The average Bonchev–Trinajstić information content (AvgIpc) is 2.63. The largest absolute Gasteiger partial charge is 0.490 e. The SMILES string of the molecule is C=CCOc1ccc(CNc2cccc(C(=O)NCC(C)C)c2)cc1. The van der Waals surface area contributed by atoms with E-state index in [1.165, 1.54) is 0 Å². The fourth-order valence-corrected chi connectivity index (χ4v) is 2.23. The minimum Gasteiger partial charge on any atom is -0.490 e. The van der Waals surface area contributed by atoms with E-state index in [1.807, 2.05) is 48.5 Å². The van der Waals surface area contributed by atoms with E-state index in [0.717, 1.165) is 17.0 Å². The van der Waals surface area contributed by atoms with Crippen LogP contribution in [0.4, 0.5) is 5.69 Å². The quantitative estimate of drug-likeness (QED) is 0.672. The number of carbonyl (C=O) groups excluding carboxylic acids is 1. The van der Waals surface area contributed by atoms with Crippen molar-refractivity contribution < 1.29 is 9.53 Å². The van der Waals surface area contributed by atoms with Crippen LogP contribution in [-0.4, -0.2) is 19.1 Å². The van der Waals surface area contributed by atoms with Crippen LogP contribution in [0.3, 0.4) is 0 Å². The normalized spacial score (nSPS) is 10.4. The second-order valence-corrected chi connectivity index (χ2v) is 6.28. The molecule has 2 rings (SSSR count). The highest BCUT2D eigenvalue weighted by Crippen LogP contribution is 2.15. The lowest BCUT2D eigenvalue weighted by Crippen LogP contribution is -2.27. The molecule has 0 atom stereocenters. The molecule has 0 heterocycles. The van der Waals surface area contributed by atoms with Gasteiger partial charge in [0.05, 0.1) is 0 Å². The van der Waals surface area contributed by atoms with E-state index < -0.39 is 0 Å². The first-order valence-corrected chi connectivity index (χ1v) is 8.53. The molecule has 1 amide bonds. The van der Waals surface area contributed by atoms with Gasteiger partial charge in [0.15, 0.2) is 0 Å². The van der Waals surface area contributed by atoms with E-state index in [1.54, 1.807) is 6.08 Å². The number of hydrogen-bond donors (Lipinski definition) is 2. The molecule has 0 bridgehead atoms. The summed E-state index contributed by atoms with van der Waals surface area (Å²) in [4.78, 5) is 12.1. The molecule has 0 aliphatic heterocycles. The predicted molar refractivity (Wildman–Crippen MR) is 103 cm³/mol. The summed E-state index contributed by atoms with van der Waals surface area (Å²) in [5.41, 5.74) is 2.73. The van der Waals surface area contributed by atoms with Gasteiger partial charge in [-0.15, -0.1) is 0 Å². The van der Waals surface area contributed by atoms with E-state index >= 15 is 0 Å². The molecule has 2 aromatic carbocycles. The summed E-state index contributed by atoms with van der Waals surface area (Å²) in [5, 5.41) is 6.28. The molecule has 0 spiro atoms. The van der Waals surface area contributed by atoms with Gasteiger partial charge in [-0.05, 0) is 41.8 Å². The van der Waals surface area contributed by atoms with E-state index in [0.29, 0.717) is 31.2 Å². The Hall–Kier alpha value is -2.75. The maximum Gasteiger partial charge on any atom is 0.251 e. The number of nitrogens with one attached hydrogen (secondary N) is 2. The van der Waals surface area contributed by atoms with Gasteiger partial charge < -0.3 is 15.4 Å². The summed E-state index contributed by atoms with van der Waals surface area (Å²) in [7, 11) is 0. The van der Waals surface area contributed by atoms with Crippen molar-refractivity contribution in [1.29, 1.82) is 0 Å². The van der Waals surface area contributed by atoms with Crippen LogP contribution in [0.15, 0.2) is 61.2 Å². The minimum atomic E-state index is -0.0407. The molecule has 0 saturated heterocycles. The molecular weight excluding hydrogens is 312 g/mol. The van der Waals surface area contributed by atoms with Crippen LogP contribution in [-0.2, 0) is 6.54 Å². The molecule has 132 valence electrons. The van der Waals surface area contributed by atoms with Crippen LogP contribution in [0.5, 0.6) is 5.75 Å². The number of benzene rings is 2. The fraction of sp³-hybridized carbons (Fsp3) is 0.286. The zero-order chi connectivity index (χ0) is 18.1. The second kappa shape index (κ2) is 9.52. The van der Waals surface area contributed by atoms with Crippen molar-refractivity contribution in [2.45, 2.75) is 20.4 Å². The van der Waals surface area contributed by atoms with Gasteiger partial charge in [0.1, 0.15) is 12.4 Å². The van der Waals surface area contributed by atoms with Crippen LogP contribution < -0.4 is 15.4 Å². The molecule has 0 unspecified atom stereocenters. The summed E-state index contributed by atoms with van der Waals surface area (Å²) in [6.45, 7) is 9.64. The van der Waals surface area contributed by atoms with Crippen molar-refractivity contribution in [2.75, 3.05) is 18.5 Å². The Morgan fingerprint density at radius 3 is 2.64 bits per heavy atom. The van der Waals surface area contributed by atoms with Gasteiger partial charge in [-0.3, -0.25) is 4.79 Å². The monoisotopic (exact) mass is 338 g/mol. The van der Waals surface area contributed by atoms with Crippen molar-refractivity contribution in [3.63, 3.8) is 0 Å². The summed E-state index contributed by atoms with van der Waals surface area (Å²) in [6, 6.07) is 15.5. The molecule has 0 aliphatic carbocycles. The number of carbonyl (C=O) groups is 1. The Kier molecular flexibility index (Phi) is 7.08. The zero-order valence-electron chi connectivity index (χ0n) is 14.9. The summed E-state index contributed by atoms with van der Waals surface area (Å²) < 4.78 is 5.47. The third-order valence-electron chi connectivity index (χ3n) is 3.58. The zero-order valence-corrected chi connectivity index (χ0v) is 14.9. The number of hydrogen-bond acceptors (Lipinski definition) is 3. The van der Waals surface area contributed by atoms with Crippen LogP contribution in [0.1, 0.15) is 29.8 Å². The molecule has 0 fully saturated rings.